The average molecular weight is 260 g/mol. The van der Waals surface area contributed by atoms with E-state index in [1.807, 2.05) is 20.2 Å². The number of hydrogen-bond acceptors (Lipinski definition) is 5. The highest BCUT2D eigenvalue weighted by Gasteiger charge is 2.11. The number of nitrogens with one attached hydrogen (secondary N) is 1. The second-order valence-electron chi connectivity index (χ2n) is 4.30. The summed E-state index contributed by atoms with van der Waals surface area (Å²) in [5, 5.41) is 7.31. The summed E-state index contributed by atoms with van der Waals surface area (Å²) < 4.78 is 1.73. The van der Waals surface area contributed by atoms with Gasteiger partial charge in [-0.05, 0) is 13.0 Å². The van der Waals surface area contributed by atoms with Crippen LogP contribution in [0.15, 0.2) is 18.5 Å². The first-order chi connectivity index (χ1) is 8.97. The molecule has 0 aliphatic heterocycles. The maximum Gasteiger partial charge on any atom is 0.252 e. The number of nitrogens with two attached hydrogens (primary N) is 2. The van der Waals surface area contributed by atoms with E-state index in [2.05, 4.69) is 15.4 Å². The summed E-state index contributed by atoms with van der Waals surface area (Å²) in [6.45, 7) is 2.43. The van der Waals surface area contributed by atoms with Gasteiger partial charge in [0, 0.05) is 25.4 Å². The summed E-state index contributed by atoms with van der Waals surface area (Å²) in [4.78, 5) is 15.4. The van der Waals surface area contributed by atoms with Crippen LogP contribution in [-0.4, -0.2) is 20.7 Å². The fraction of sp³-hybridized carbons (Fsp3) is 0.250. The lowest BCUT2D eigenvalue weighted by Gasteiger charge is -2.09. The van der Waals surface area contributed by atoms with Gasteiger partial charge in [0.1, 0.15) is 5.82 Å². The Labute approximate surface area is 110 Å². The van der Waals surface area contributed by atoms with Crippen molar-refractivity contribution in [1.29, 1.82) is 0 Å². The molecule has 0 fully saturated rings. The molecule has 7 heteroatoms. The molecule has 2 heterocycles. The highest BCUT2D eigenvalue weighted by molar-refractivity contribution is 5.98. The monoisotopic (exact) mass is 260 g/mol. The zero-order valence-corrected chi connectivity index (χ0v) is 10.8. The molecule has 0 aromatic carbocycles. The fourth-order valence-electron chi connectivity index (χ4n) is 1.81. The summed E-state index contributed by atoms with van der Waals surface area (Å²) in [6.07, 6.45) is 3.38. The number of carbonyl (C=O) groups excluding carboxylic acids is 1. The summed E-state index contributed by atoms with van der Waals surface area (Å²) in [7, 11) is 1.85. The second-order valence-corrected chi connectivity index (χ2v) is 4.30. The largest absolute Gasteiger partial charge is 0.397 e. The van der Waals surface area contributed by atoms with Crippen LogP contribution >= 0.6 is 0 Å². The van der Waals surface area contributed by atoms with Gasteiger partial charge in [0.25, 0.3) is 5.91 Å². The first-order valence-corrected chi connectivity index (χ1v) is 5.75. The maximum atomic E-state index is 11.3. The van der Waals surface area contributed by atoms with E-state index in [0.717, 1.165) is 11.3 Å². The molecule has 0 atom stereocenters. The molecule has 0 aliphatic carbocycles. The van der Waals surface area contributed by atoms with E-state index in [1.165, 1.54) is 12.3 Å². The number of primary amides is 1. The number of amides is 1. The van der Waals surface area contributed by atoms with Crippen LogP contribution in [0.5, 0.6) is 0 Å². The molecule has 0 unspecified atom stereocenters. The third-order valence-corrected chi connectivity index (χ3v) is 2.74. The van der Waals surface area contributed by atoms with Crippen molar-refractivity contribution in [1.82, 2.24) is 14.8 Å². The van der Waals surface area contributed by atoms with Crippen molar-refractivity contribution < 1.29 is 4.79 Å². The zero-order chi connectivity index (χ0) is 14.0. The standard InChI is InChI=1S/C12H16N6O/c1-7-8(6-18(2)17-7)4-15-12-10(11(14)19)3-9(13)5-16-12/h3,5-6H,4,13H2,1-2H3,(H2,14,19)(H,15,16). The Kier molecular flexibility index (Phi) is 3.37. The molecule has 0 saturated heterocycles. The van der Waals surface area contributed by atoms with Gasteiger partial charge in [-0.15, -0.1) is 0 Å². The Morgan fingerprint density at radius 3 is 2.84 bits per heavy atom. The minimum absolute atomic E-state index is 0.279. The molecule has 1 amide bonds. The van der Waals surface area contributed by atoms with Crippen molar-refractivity contribution in [3.8, 4) is 0 Å². The SMILES string of the molecule is Cc1nn(C)cc1CNc1ncc(N)cc1C(N)=O. The van der Waals surface area contributed by atoms with E-state index in [4.69, 9.17) is 11.5 Å². The summed E-state index contributed by atoms with van der Waals surface area (Å²) >= 11 is 0. The van der Waals surface area contributed by atoms with Gasteiger partial charge in [0.05, 0.1) is 23.1 Å². The molecule has 5 N–H and O–H groups in total. The lowest BCUT2D eigenvalue weighted by atomic mass is 10.2. The van der Waals surface area contributed by atoms with Crippen molar-refractivity contribution in [3.05, 3.63) is 35.3 Å². The van der Waals surface area contributed by atoms with Gasteiger partial charge in [0.2, 0.25) is 0 Å². The molecule has 0 saturated carbocycles. The van der Waals surface area contributed by atoms with Crippen molar-refractivity contribution in [2.24, 2.45) is 12.8 Å². The third kappa shape index (κ3) is 2.82. The van der Waals surface area contributed by atoms with E-state index in [9.17, 15) is 4.79 Å². The van der Waals surface area contributed by atoms with Crippen LogP contribution < -0.4 is 16.8 Å². The maximum absolute atomic E-state index is 11.3. The van der Waals surface area contributed by atoms with Crippen molar-refractivity contribution >= 4 is 17.4 Å². The van der Waals surface area contributed by atoms with E-state index in [1.54, 1.807) is 4.68 Å². The van der Waals surface area contributed by atoms with Crippen LogP contribution in [-0.2, 0) is 13.6 Å². The molecule has 2 aromatic rings. The Morgan fingerprint density at radius 2 is 2.26 bits per heavy atom. The molecule has 0 spiro atoms. The van der Waals surface area contributed by atoms with Gasteiger partial charge >= 0.3 is 0 Å². The molecule has 19 heavy (non-hydrogen) atoms. The summed E-state index contributed by atoms with van der Waals surface area (Å²) in [5.74, 6) is -0.143. The predicted molar refractivity (Wildman–Crippen MR) is 72.4 cm³/mol. The summed E-state index contributed by atoms with van der Waals surface area (Å²) in [6, 6.07) is 1.51. The van der Waals surface area contributed by atoms with Crippen LogP contribution in [0.4, 0.5) is 11.5 Å². The van der Waals surface area contributed by atoms with Gasteiger partial charge in [-0.1, -0.05) is 0 Å². The Bertz CT molecular complexity index is 619. The Balaban J connectivity index is 2.20. The van der Waals surface area contributed by atoms with Crippen molar-refractivity contribution in [2.45, 2.75) is 13.5 Å². The van der Waals surface area contributed by atoms with Crippen molar-refractivity contribution in [2.75, 3.05) is 11.1 Å². The smallest absolute Gasteiger partial charge is 0.252 e. The highest BCUT2D eigenvalue weighted by Crippen LogP contribution is 2.16. The van der Waals surface area contributed by atoms with Gasteiger partial charge in [-0.25, -0.2) is 4.98 Å². The van der Waals surface area contributed by atoms with Gasteiger partial charge < -0.3 is 16.8 Å². The first-order valence-electron chi connectivity index (χ1n) is 5.75. The number of nitrogen functional groups attached to an aromatic ring is 1. The minimum Gasteiger partial charge on any atom is -0.397 e. The van der Waals surface area contributed by atoms with E-state index in [-0.39, 0.29) is 5.56 Å². The topological polar surface area (TPSA) is 112 Å². The highest BCUT2D eigenvalue weighted by atomic mass is 16.1. The molecule has 0 bridgehead atoms. The van der Waals surface area contributed by atoms with Gasteiger partial charge in [-0.3, -0.25) is 9.48 Å². The number of rotatable bonds is 4. The molecule has 7 nitrogen and oxygen atoms in total. The number of carbonyl (C=O) groups is 1. The molecular formula is C12H16N6O. The number of anilines is 2. The number of pyridine rings is 1. The Morgan fingerprint density at radius 1 is 1.53 bits per heavy atom. The molecule has 100 valence electrons. The zero-order valence-electron chi connectivity index (χ0n) is 10.8. The van der Waals surface area contributed by atoms with Crippen LogP contribution in [0, 0.1) is 6.92 Å². The van der Waals surface area contributed by atoms with Crippen LogP contribution in [0.2, 0.25) is 0 Å². The molecule has 2 aromatic heterocycles. The predicted octanol–water partition coefficient (Wildman–Crippen LogP) is 0.417. The number of aromatic nitrogens is 3. The normalized spacial score (nSPS) is 10.4. The fourth-order valence-corrected chi connectivity index (χ4v) is 1.81. The van der Waals surface area contributed by atoms with Crippen LogP contribution in [0.1, 0.15) is 21.6 Å². The molecule has 0 aliphatic rings. The summed E-state index contributed by atoms with van der Waals surface area (Å²) in [5.41, 5.74) is 13.5. The number of hydrogen-bond donors (Lipinski definition) is 3. The van der Waals surface area contributed by atoms with Crippen LogP contribution in [0.3, 0.4) is 0 Å². The van der Waals surface area contributed by atoms with Gasteiger partial charge in [-0.2, -0.15) is 5.10 Å². The molecule has 0 radical (unpaired) electrons. The minimum atomic E-state index is -0.565. The molecule has 2 rings (SSSR count). The van der Waals surface area contributed by atoms with E-state index < -0.39 is 5.91 Å². The second kappa shape index (κ2) is 4.97. The molecular weight excluding hydrogens is 244 g/mol. The third-order valence-electron chi connectivity index (χ3n) is 2.74. The van der Waals surface area contributed by atoms with Crippen LogP contribution in [0.25, 0.3) is 0 Å². The first kappa shape index (κ1) is 12.9. The van der Waals surface area contributed by atoms with Gasteiger partial charge in [0.15, 0.2) is 0 Å². The number of nitrogens with zero attached hydrogens (tertiary/aromatic N) is 3. The average Bonchev–Trinajstić information content (AvgIpc) is 2.66. The Hall–Kier alpha value is -2.57. The van der Waals surface area contributed by atoms with Crippen molar-refractivity contribution in [3.63, 3.8) is 0 Å². The quantitative estimate of drug-likeness (QED) is 0.737. The number of aryl methyl sites for hydroxylation is 2. The lowest BCUT2D eigenvalue weighted by Crippen LogP contribution is -2.16. The van der Waals surface area contributed by atoms with E-state index in [0.29, 0.717) is 18.1 Å². The van der Waals surface area contributed by atoms with E-state index >= 15 is 0 Å². The lowest BCUT2D eigenvalue weighted by molar-refractivity contribution is 0.100.